The molecule has 3 aliphatic heterocycles. The van der Waals surface area contributed by atoms with Gasteiger partial charge in [0.25, 0.3) is 5.91 Å². The highest BCUT2D eigenvalue weighted by Crippen LogP contribution is 2.45. The smallest absolute Gasteiger partial charge is 0.451 e. The predicted molar refractivity (Wildman–Crippen MR) is 145 cm³/mol. The number of pyridine rings is 1. The summed E-state index contributed by atoms with van der Waals surface area (Å²) in [5.74, 6) is 0.0820. The minimum Gasteiger partial charge on any atom is -0.451 e. The Morgan fingerprint density at radius 1 is 1.12 bits per heavy atom. The lowest BCUT2D eigenvalue weighted by molar-refractivity contribution is 0.0122. The number of hydrogen-bond acceptors (Lipinski definition) is 8. The predicted octanol–water partition coefficient (Wildman–Crippen LogP) is 4.65. The zero-order valence-electron chi connectivity index (χ0n) is 22.0. The lowest BCUT2D eigenvalue weighted by Gasteiger charge is -2.53. The van der Waals surface area contributed by atoms with Gasteiger partial charge in [-0.25, -0.2) is 9.18 Å². The number of amides is 1. The first-order valence-corrected chi connectivity index (χ1v) is 14.0. The Morgan fingerprint density at radius 3 is 2.77 bits per heavy atom. The first kappa shape index (κ1) is 26.2. The Labute approximate surface area is 234 Å². The van der Waals surface area contributed by atoms with E-state index in [1.165, 1.54) is 12.1 Å². The van der Waals surface area contributed by atoms with E-state index in [-0.39, 0.29) is 29.3 Å². The summed E-state index contributed by atoms with van der Waals surface area (Å²) in [6, 6.07) is 13.9. The monoisotopic (exact) mass is 565 g/mol. The normalized spacial score (nSPS) is 21.4. The molecule has 0 N–H and O–H groups in total. The van der Waals surface area contributed by atoms with Crippen LogP contribution in [0.4, 0.5) is 9.18 Å². The van der Waals surface area contributed by atoms with Crippen molar-refractivity contribution < 1.29 is 28.2 Å². The molecule has 4 heterocycles. The maximum Gasteiger partial charge on any atom is 0.510 e. The fraction of sp³-hybridized carbons (Fsp3) is 0.345. The lowest BCUT2D eigenvalue weighted by Crippen LogP contribution is -2.64. The number of ether oxygens (including phenoxy) is 3. The number of carbonyl (C=O) groups excluding carboxylic acids is 2. The second-order valence-electron chi connectivity index (χ2n) is 10.1. The minimum atomic E-state index is -0.973. The quantitative estimate of drug-likeness (QED) is 0.334. The van der Waals surface area contributed by atoms with E-state index in [0.29, 0.717) is 24.6 Å². The molecule has 3 aliphatic rings. The summed E-state index contributed by atoms with van der Waals surface area (Å²) in [4.78, 5) is 41.3. The van der Waals surface area contributed by atoms with Crippen LogP contribution in [0.15, 0.2) is 64.4 Å². The Kier molecular flexibility index (Phi) is 6.91. The molecular weight excluding hydrogens is 537 g/mol. The third kappa shape index (κ3) is 4.47. The zero-order valence-corrected chi connectivity index (χ0v) is 22.9. The van der Waals surface area contributed by atoms with E-state index in [1.807, 2.05) is 18.2 Å². The number of carbonyl (C=O) groups is 2. The van der Waals surface area contributed by atoms with E-state index < -0.39 is 24.4 Å². The average Bonchev–Trinajstić information content (AvgIpc) is 3.11. The van der Waals surface area contributed by atoms with Gasteiger partial charge >= 0.3 is 6.16 Å². The molecule has 1 saturated heterocycles. The van der Waals surface area contributed by atoms with E-state index in [0.717, 1.165) is 35.1 Å². The topological polar surface area (TPSA) is 90.3 Å². The van der Waals surface area contributed by atoms with Crippen LogP contribution in [-0.2, 0) is 15.2 Å². The van der Waals surface area contributed by atoms with Crippen LogP contribution in [0.3, 0.4) is 0 Å². The van der Waals surface area contributed by atoms with Gasteiger partial charge in [-0.3, -0.25) is 19.3 Å². The van der Waals surface area contributed by atoms with Crippen LogP contribution in [0.5, 0.6) is 5.75 Å². The van der Waals surface area contributed by atoms with E-state index in [2.05, 4.69) is 28.8 Å². The van der Waals surface area contributed by atoms with Gasteiger partial charge in [0, 0.05) is 29.5 Å². The van der Waals surface area contributed by atoms with E-state index in [9.17, 15) is 18.8 Å². The minimum absolute atomic E-state index is 0.0461. The fourth-order valence-electron chi connectivity index (χ4n) is 5.82. The van der Waals surface area contributed by atoms with E-state index in [1.54, 1.807) is 33.6 Å². The highest BCUT2D eigenvalue weighted by Gasteiger charge is 2.46. The fourth-order valence-corrected chi connectivity index (χ4v) is 6.90. The van der Waals surface area contributed by atoms with Gasteiger partial charge in [-0.1, -0.05) is 31.2 Å². The molecule has 0 radical (unpaired) electrons. The van der Waals surface area contributed by atoms with Crippen LogP contribution in [-0.4, -0.2) is 48.3 Å². The zero-order chi connectivity index (χ0) is 28.0. The summed E-state index contributed by atoms with van der Waals surface area (Å²) in [5.41, 5.74) is 2.34. The lowest BCUT2D eigenvalue weighted by atomic mass is 9.90. The summed E-state index contributed by atoms with van der Waals surface area (Å²) in [5, 5.41) is 2.11. The average molecular weight is 566 g/mol. The second-order valence-corrected chi connectivity index (χ2v) is 11.1. The van der Waals surface area contributed by atoms with Crippen molar-refractivity contribution in [1.82, 2.24) is 9.58 Å². The van der Waals surface area contributed by atoms with Gasteiger partial charge in [-0.15, -0.1) is 11.8 Å². The van der Waals surface area contributed by atoms with Crippen LogP contribution in [0, 0.1) is 11.7 Å². The molecule has 6 rings (SSSR count). The number of halogens is 1. The number of fused-ring (bicyclic) bond motifs is 4. The standard InChI is InChI=1S/C29H28FN3O6S/c1-17-9-11-31-24(13-17)33(32-12-10-22(34)27(26(32)28(31)35)38-16-39-29(36)37-2)25-20-8-7-19(30)14-18(20)15-40-23-6-4-3-5-21(23)25/h3-8,10,12,14,17,24-25H,9,11,13,15-16H2,1-2H3/t17-,24-,25+/m1/s1. The second kappa shape index (κ2) is 10.5. The van der Waals surface area contributed by atoms with Crippen molar-refractivity contribution in [2.24, 2.45) is 5.92 Å². The van der Waals surface area contributed by atoms with Gasteiger partial charge in [-0.05, 0) is 53.6 Å². The molecule has 3 atom stereocenters. The molecule has 1 aromatic heterocycles. The number of hydrogen-bond donors (Lipinski definition) is 0. The van der Waals surface area contributed by atoms with Crippen molar-refractivity contribution in [2.45, 2.75) is 42.6 Å². The number of piperidine rings is 1. The summed E-state index contributed by atoms with van der Waals surface area (Å²) < 4.78 is 31.1. The van der Waals surface area contributed by atoms with Crippen LogP contribution < -0.4 is 15.2 Å². The Morgan fingerprint density at radius 2 is 1.95 bits per heavy atom. The molecule has 0 aliphatic carbocycles. The van der Waals surface area contributed by atoms with Gasteiger partial charge < -0.3 is 19.1 Å². The molecule has 208 valence electrons. The Hall–Kier alpha value is -3.99. The summed E-state index contributed by atoms with van der Waals surface area (Å²) >= 11 is 1.64. The molecule has 0 spiro atoms. The number of methoxy groups -OCH3 is 1. The molecule has 3 aromatic rings. The summed E-state index contributed by atoms with van der Waals surface area (Å²) in [7, 11) is 1.16. The molecular formula is C29H28FN3O6S. The van der Waals surface area contributed by atoms with Gasteiger partial charge in [0.15, 0.2) is 5.69 Å². The SMILES string of the molecule is COC(=O)OCOc1c2n(ccc1=O)N([C@H]1c3ccc(F)cc3CSc3ccccc31)[C@@H]1C[C@H](C)CCN1C2=O. The third-order valence-corrected chi connectivity index (χ3v) is 8.83. The van der Waals surface area contributed by atoms with Crippen molar-refractivity contribution >= 4 is 23.8 Å². The number of thioether (sulfide) groups is 1. The maximum atomic E-state index is 14.5. The van der Waals surface area contributed by atoms with E-state index in [4.69, 9.17) is 9.47 Å². The van der Waals surface area contributed by atoms with Gasteiger partial charge in [0.2, 0.25) is 18.0 Å². The molecule has 2 aromatic carbocycles. The van der Waals surface area contributed by atoms with Gasteiger partial charge in [-0.2, -0.15) is 0 Å². The van der Waals surface area contributed by atoms with Crippen molar-refractivity contribution in [3.8, 4) is 5.75 Å². The molecule has 40 heavy (non-hydrogen) atoms. The molecule has 0 saturated carbocycles. The highest BCUT2D eigenvalue weighted by atomic mass is 32.2. The number of benzene rings is 2. The Balaban J connectivity index is 1.57. The number of nitrogens with zero attached hydrogens (tertiary/aromatic N) is 3. The van der Waals surface area contributed by atoms with Gasteiger partial charge in [0.05, 0.1) is 13.2 Å². The van der Waals surface area contributed by atoms with Crippen LogP contribution in [0.1, 0.15) is 53.0 Å². The molecule has 11 heteroatoms. The van der Waals surface area contributed by atoms with Crippen LogP contribution in [0.2, 0.25) is 0 Å². The van der Waals surface area contributed by atoms with Crippen molar-refractivity contribution in [3.63, 3.8) is 0 Å². The van der Waals surface area contributed by atoms with Gasteiger partial charge in [0.1, 0.15) is 12.0 Å². The summed E-state index contributed by atoms with van der Waals surface area (Å²) in [6.45, 7) is 2.07. The highest BCUT2D eigenvalue weighted by molar-refractivity contribution is 7.98. The Bertz CT molecular complexity index is 1540. The molecule has 0 bridgehead atoms. The van der Waals surface area contributed by atoms with Crippen molar-refractivity contribution in [2.75, 3.05) is 25.5 Å². The third-order valence-electron chi connectivity index (χ3n) is 7.70. The maximum absolute atomic E-state index is 14.5. The first-order chi connectivity index (χ1) is 19.4. The molecule has 1 amide bonds. The van der Waals surface area contributed by atoms with Crippen LogP contribution in [0.25, 0.3) is 0 Å². The number of aromatic nitrogens is 1. The molecule has 1 fully saturated rings. The first-order valence-electron chi connectivity index (χ1n) is 13.1. The van der Waals surface area contributed by atoms with Crippen LogP contribution >= 0.6 is 11.8 Å². The largest absolute Gasteiger partial charge is 0.510 e. The van der Waals surface area contributed by atoms with E-state index >= 15 is 0 Å². The number of rotatable bonds is 4. The van der Waals surface area contributed by atoms with Crippen molar-refractivity contribution in [1.29, 1.82) is 0 Å². The van der Waals surface area contributed by atoms with Crippen molar-refractivity contribution in [3.05, 3.63) is 93.2 Å². The summed E-state index contributed by atoms with van der Waals surface area (Å²) in [6.07, 6.45) is 1.81. The molecule has 0 unspecified atom stereocenters. The molecule has 9 nitrogen and oxygen atoms in total.